The molecule has 1 aliphatic rings. The van der Waals surface area contributed by atoms with Crippen LogP contribution in [0.2, 0.25) is 0 Å². The minimum Gasteiger partial charge on any atom is -0.504 e. The maximum absolute atomic E-state index is 10.7. The molecule has 0 spiro atoms. The lowest BCUT2D eigenvalue weighted by Gasteiger charge is -2.12. The molecule has 3 N–H and O–H groups in total. The molecule has 4 nitrogen and oxygen atoms in total. The van der Waals surface area contributed by atoms with Gasteiger partial charge in [0.1, 0.15) is 0 Å². The summed E-state index contributed by atoms with van der Waals surface area (Å²) < 4.78 is 4.83. The summed E-state index contributed by atoms with van der Waals surface area (Å²) in [5.41, 5.74) is 6.89. The van der Waals surface area contributed by atoms with Crippen LogP contribution in [-0.2, 0) is 4.79 Å². The minimum absolute atomic E-state index is 0.0303. The van der Waals surface area contributed by atoms with E-state index in [9.17, 15) is 9.90 Å². The number of esters is 1. The van der Waals surface area contributed by atoms with E-state index in [-0.39, 0.29) is 17.5 Å². The molecule has 0 radical (unpaired) electrons. The minimum atomic E-state index is -0.449. The topological polar surface area (TPSA) is 72.5 Å². The Kier molecular flexibility index (Phi) is 2.83. The highest BCUT2D eigenvalue weighted by atomic mass is 16.5. The highest BCUT2D eigenvalue weighted by Crippen LogP contribution is 2.41. The van der Waals surface area contributed by atoms with E-state index in [1.807, 2.05) is 0 Å². The Morgan fingerprint density at radius 2 is 2.25 bits per heavy atom. The molecule has 2 rings (SSSR count). The van der Waals surface area contributed by atoms with E-state index >= 15 is 0 Å². The van der Waals surface area contributed by atoms with Gasteiger partial charge in [0.2, 0.25) is 0 Å². The second kappa shape index (κ2) is 4.14. The Balaban J connectivity index is 2.17. The average molecular weight is 221 g/mol. The molecule has 16 heavy (non-hydrogen) atoms. The van der Waals surface area contributed by atoms with Crippen molar-refractivity contribution < 1.29 is 14.6 Å². The van der Waals surface area contributed by atoms with Gasteiger partial charge in [0, 0.05) is 13.0 Å². The van der Waals surface area contributed by atoms with Gasteiger partial charge in [-0.1, -0.05) is 6.07 Å². The number of aromatic hydroxyl groups is 1. The highest BCUT2D eigenvalue weighted by Gasteiger charge is 2.29. The molecule has 1 aromatic rings. The number of nitrogens with two attached hydrogens (primary N) is 1. The summed E-state index contributed by atoms with van der Waals surface area (Å²) in [7, 11) is 0. The van der Waals surface area contributed by atoms with Crippen molar-refractivity contribution in [3.05, 3.63) is 23.8 Å². The van der Waals surface area contributed by atoms with Crippen LogP contribution >= 0.6 is 0 Å². The van der Waals surface area contributed by atoms with Gasteiger partial charge in [-0.2, -0.15) is 0 Å². The monoisotopic (exact) mass is 221 g/mol. The Morgan fingerprint density at radius 1 is 1.56 bits per heavy atom. The van der Waals surface area contributed by atoms with Crippen molar-refractivity contribution >= 4 is 5.97 Å². The van der Waals surface area contributed by atoms with Crippen LogP contribution in [0.1, 0.15) is 31.4 Å². The number of benzene rings is 1. The lowest BCUT2D eigenvalue weighted by Crippen LogP contribution is -2.12. The van der Waals surface area contributed by atoms with Gasteiger partial charge in [0.05, 0.1) is 0 Å². The number of phenols is 1. The summed E-state index contributed by atoms with van der Waals surface area (Å²) in [6.45, 7) is 1.29. The van der Waals surface area contributed by atoms with E-state index < -0.39 is 5.97 Å². The predicted octanol–water partition coefficient (Wildman–Crippen LogP) is 1.73. The maximum Gasteiger partial charge on any atom is 0.308 e. The molecule has 0 aliphatic heterocycles. The zero-order valence-electron chi connectivity index (χ0n) is 9.14. The van der Waals surface area contributed by atoms with Crippen molar-refractivity contribution in [2.75, 3.05) is 0 Å². The van der Waals surface area contributed by atoms with Crippen molar-refractivity contribution in [3.63, 3.8) is 0 Å². The SMILES string of the molecule is CC(=O)Oc1ccc([C@H](N)C2CC2)cc1O. The lowest BCUT2D eigenvalue weighted by molar-refractivity contribution is -0.132. The molecule has 0 aromatic heterocycles. The first-order valence-electron chi connectivity index (χ1n) is 5.35. The van der Waals surface area contributed by atoms with E-state index in [0.717, 1.165) is 18.4 Å². The smallest absolute Gasteiger partial charge is 0.308 e. The van der Waals surface area contributed by atoms with Crippen LogP contribution in [0.5, 0.6) is 11.5 Å². The molecule has 0 heterocycles. The van der Waals surface area contributed by atoms with E-state index in [1.165, 1.54) is 6.92 Å². The van der Waals surface area contributed by atoms with Gasteiger partial charge < -0.3 is 15.6 Å². The first kappa shape index (κ1) is 11.0. The van der Waals surface area contributed by atoms with E-state index in [0.29, 0.717) is 5.92 Å². The van der Waals surface area contributed by atoms with Gasteiger partial charge in [-0.25, -0.2) is 0 Å². The second-order valence-electron chi connectivity index (χ2n) is 4.18. The maximum atomic E-state index is 10.7. The molecule has 86 valence electrons. The Morgan fingerprint density at radius 3 is 2.75 bits per heavy atom. The van der Waals surface area contributed by atoms with Crippen LogP contribution in [0, 0.1) is 5.92 Å². The molecule has 1 saturated carbocycles. The first-order valence-corrected chi connectivity index (χ1v) is 5.35. The van der Waals surface area contributed by atoms with Gasteiger partial charge in [-0.3, -0.25) is 4.79 Å². The number of carbonyl (C=O) groups is 1. The number of phenolic OH excluding ortho intramolecular Hbond substituents is 1. The van der Waals surface area contributed by atoms with Crippen molar-refractivity contribution in [1.29, 1.82) is 0 Å². The van der Waals surface area contributed by atoms with Crippen molar-refractivity contribution in [1.82, 2.24) is 0 Å². The third kappa shape index (κ3) is 2.33. The average Bonchev–Trinajstić information content (AvgIpc) is 3.03. The van der Waals surface area contributed by atoms with Crippen molar-refractivity contribution in [2.24, 2.45) is 11.7 Å². The largest absolute Gasteiger partial charge is 0.504 e. The molecule has 1 atom stereocenters. The summed E-state index contributed by atoms with van der Waals surface area (Å²) in [6, 6.07) is 4.91. The number of ether oxygens (including phenoxy) is 1. The van der Waals surface area contributed by atoms with Crippen molar-refractivity contribution in [2.45, 2.75) is 25.8 Å². The third-order valence-electron chi connectivity index (χ3n) is 2.75. The van der Waals surface area contributed by atoms with Gasteiger partial charge in [-0.05, 0) is 36.5 Å². The van der Waals surface area contributed by atoms with E-state index in [4.69, 9.17) is 10.5 Å². The van der Waals surface area contributed by atoms with Crippen LogP contribution in [0.25, 0.3) is 0 Å². The van der Waals surface area contributed by atoms with Crippen LogP contribution in [0.4, 0.5) is 0 Å². The Labute approximate surface area is 94.0 Å². The summed E-state index contributed by atoms with van der Waals surface area (Å²) in [5.74, 6) is 0.219. The molecule has 1 aromatic carbocycles. The Hall–Kier alpha value is -1.55. The van der Waals surface area contributed by atoms with Gasteiger partial charge in [0.25, 0.3) is 0 Å². The second-order valence-corrected chi connectivity index (χ2v) is 4.18. The molecule has 0 amide bonds. The van der Waals surface area contributed by atoms with Crippen molar-refractivity contribution in [3.8, 4) is 11.5 Å². The zero-order valence-corrected chi connectivity index (χ0v) is 9.14. The van der Waals surface area contributed by atoms with Gasteiger partial charge in [0.15, 0.2) is 11.5 Å². The van der Waals surface area contributed by atoms with Crippen LogP contribution < -0.4 is 10.5 Å². The summed E-state index contributed by atoms with van der Waals surface area (Å²) >= 11 is 0. The molecule has 0 unspecified atom stereocenters. The number of hydrogen-bond donors (Lipinski definition) is 2. The summed E-state index contributed by atoms with van der Waals surface area (Å²) in [4.78, 5) is 10.7. The quantitative estimate of drug-likeness (QED) is 0.602. The fraction of sp³-hybridized carbons (Fsp3) is 0.417. The van der Waals surface area contributed by atoms with Gasteiger partial charge >= 0.3 is 5.97 Å². The fourth-order valence-corrected chi connectivity index (χ4v) is 1.71. The molecule has 1 fully saturated rings. The fourth-order valence-electron chi connectivity index (χ4n) is 1.71. The molecular formula is C12H15NO3. The van der Waals surface area contributed by atoms with Crippen LogP contribution in [0.3, 0.4) is 0 Å². The zero-order chi connectivity index (χ0) is 11.7. The molecule has 0 saturated heterocycles. The first-order chi connectivity index (χ1) is 7.58. The summed E-state index contributed by atoms with van der Waals surface area (Å²) in [6.07, 6.45) is 2.29. The third-order valence-corrected chi connectivity index (χ3v) is 2.75. The molecule has 4 heteroatoms. The Bertz CT molecular complexity index is 413. The number of hydrogen-bond acceptors (Lipinski definition) is 4. The standard InChI is InChI=1S/C12H15NO3/c1-7(14)16-11-5-4-9(6-10(11)15)12(13)8-2-3-8/h4-6,8,12,15H,2-3,13H2,1H3/t12-/m1/s1. The predicted molar refractivity (Wildman–Crippen MR) is 59.1 cm³/mol. The summed E-state index contributed by atoms with van der Waals surface area (Å²) in [5, 5.41) is 9.66. The molecule has 0 bridgehead atoms. The van der Waals surface area contributed by atoms with Gasteiger partial charge in [-0.15, -0.1) is 0 Å². The number of rotatable bonds is 3. The van der Waals surface area contributed by atoms with Crippen LogP contribution in [0.15, 0.2) is 18.2 Å². The highest BCUT2D eigenvalue weighted by molar-refractivity contribution is 5.70. The number of carbonyl (C=O) groups excluding carboxylic acids is 1. The van der Waals surface area contributed by atoms with Crippen LogP contribution in [-0.4, -0.2) is 11.1 Å². The molecule has 1 aliphatic carbocycles. The molecular weight excluding hydrogens is 206 g/mol. The normalized spacial score (nSPS) is 16.9. The van der Waals surface area contributed by atoms with E-state index in [2.05, 4.69) is 0 Å². The van der Waals surface area contributed by atoms with E-state index in [1.54, 1.807) is 18.2 Å². The lowest BCUT2D eigenvalue weighted by atomic mass is 10.0.